The average molecular weight is 416 g/mol. The molecule has 1 aliphatic heterocycles. The van der Waals surface area contributed by atoms with E-state index in [1.165, 1.54) is 11.4 Å². The van der Waals surface area contributed by atoms with E-state index in [9.17, 15) is 18.0 Å². The van der Waals surface area contributed by atoms with Crippen molar-refractivity contribution in [1.82, 2.24) is 4.31 Å². The number of hydrogen-bond acceptors (Lipinski definition) is 5. The molecule has 0 spiro atoms. The van der Waals surface area contributed by atoms with Crippen molar-refractivity contribution >= 4 is 27.6 Å². The number of amides is 1. The largest absolute Gasteiger partial charge is 0.465 e. The van der Waals surface area contributed by atoms with Crippen LogP contribution in [0, 0.1) is 12.8 Å². The summed E-state index contributed by atoms with van der Waals surface area (Å²) in [5.74, 6) is -1.08. The Bertz CT molecular complexity index is 994. The SMILES string of the molecule is COC(=O)c1ccccc1NC(=O)C1CCN(S(=O)(=O)c2ccc(C)cc2)CC1. The Morgan fingerprint density at radius 2 is 1.66 bits per heavy atom. The van der Waals surface area contributed by atoms with E-state index in [1.54, 1.807) is 48.5 Å². The average Bonchev–Trinajstić information content (AvgIpc) is 2.74. The summed E-state index contributed by atoms with van der Waals surface area (Å²) in [6.07, 6.45) is 0.828. The molecular formula is C21H24N2O5S. The van der Waals surface area contributed by atoms with Crippen LogP contribution in [0.4, 0.5) is 5.69 Å². The third-order valence-electron chi connectivity index (χ3n) is 5.07. The van der Waals surface area contributed by atoms with Crippen LogP contribution in [0.3, 0.4) is 0 Å². The molecule has 0 aliphatic carbocycles. The van der Waals surface area contributed by atoms with Crippen molar-refractivity contribution in [1.29, 1.82) is 0 Å². The molecule has 2 aromatic carbocycles. The van der Waals surface area contributed by atoms with Crippen molar-refractivity contribution in [3.8, 4) is 0 Å². The third kappa shape index (κ3) is 4.65. The molecule has 0 saturated carbocycles. The molecule has 1 aliphatic rings. The van der Waals surface area contributed by atoms with Crippen LogP contribution in [0.25, 0.3) is 0 Å². The summed E-state index contributed by atoms with van der Waals surface area (Å²) >= 11 is 0. The van der Waals surface area contributed by atoms with Gasteiger partial charge in [-0.15, -0.1) is 0 Å². The second kappa shape index (κ2) is 8.75. The summed E-state index contributed by atoms with van der Waals surface area (Å²) in [7, 11) is -2.28. The van der Waals surface area contributed by atoms with Crippen LogP contribution in [0.1, 0.15) is 28.8 Å². The van der Waals surface area contributed by atoms with Crippen molar-refractivity contribution in [3.05, 3.63) is 59.7 Å². The van der Waals surface area contributed by atoms with Crippen LogP contribution >= 0.6 is 0 Å². The molecule has 2 aromatic rings. The van der Waals surface area contributed by atoms with Gasteiger partial charge in [0.1, 0.15) is 0 Å². The monoisotopic (exact) mass is 416 g/mol. The van der Waals surface area contributed by atoms with E-state index in [0.717, 1.165) is 5.56 Å². The van der Waals surface area contributed by atoms with Gasteiger partial charge >= 0.3 is 5.97 Å². The Hall–Kier alpha value is -2.71. The Kier molecular flexibility index (Phi) is 6.34. The standard InChI is InChI=1S/C21H24N2O5S/c1-15-7-9-17(10-8-15)29(26,27)23-13-11-16(12-14-23)20(24)22-19-6-4-3-5-18(19)21(25)28-2/h3-10,16H,11-14H2,1-2H3,(H,22,24). The van der Waals surface area contributed by atoms with E-state index in [2.05, 4.69) is 5.32 Å². The molecule has 8 heteroatoms. The summed E-state index contributed by atoms with van der Waals surface area (Å²) in [4.78, 5) is 24.8. The lowest BCUT2D eigenvalue weighted by molar-refractivity contribution is -0.120. The minimum absolute atomic E-state index is 0.228. The number of hydrogen-bond donors (Lipinski definition) is 1. The number of para-hydroxylation sites is 1. The zero-order valence-electron chi connectivity index (χ0n) is 16.4. The zero-order valence-corrected chi connectivity index (χ0v) is 17.2. The lowest BCUT2D eigenvalue weighted by Gasteiger charge is -2.30. The van der Waals surface area contributed by atoms with Gasteiger partial charge in [-0.05, 0) is 44.0 Å². The highest BCUT2D eigenvalue weighted by molar-refractivity contribution is 7.89. The number of nitrogens with zero attached hydrogens (tertiary/aromatic N) is 1. The fraction of sp³-hybridized carbons (Fsp3) is 0.333. The number of ether oxygens (including phenoxy) is 1. The lowest BCUT2D eigenvalue weighted by atomic mass is 9.97. The smallest absolute Gasteiger partial charge is 0.339 e. The van der Waals surface area contributed by atoms with Crippen molar-refractivity contribution in [2.45, 2.75) is 24.7 Å². The second-order valence-corrected chi connectivity index (χ2v) is 8.96. The molecule has 0 radical (unpaired) electrons. The fourth-order valence-corrected chi connectivity index (χ4v) is 4.80. The topological polar surface area (TPSA) is 92.8 Å². The first-order chi connectivity index (χ1) is 13.8. The fourth-order valence-electron chi connectivity index (χ4n) is 3.33. The van der Waals surface area contributed by atoms with E-state index in [-0.39, 0.29) is 35.4 Å². The summed E-state index contributed by atoms with van der Waals surface area (Å²) < 4.78 is 31.7. The molecule has 7 nitrogen and oxygen atoms in total. The van der Waals surface area contributed by atoms with Gasteiger partial charge in [0.05, 0.1) is 23.3 Å². The predicted molar refractivity (Wildman–Crippen MR) is 109 cm³/mol. The first kappa shape index (κ1) is 21.0. The van der Waals surface area contributed by atoms with E-state index in [0.29, 0.717) is 18.5 Å². The van der Waals surface area contributed by atoms with Gasteiger partial charge in [-0.2, -0.15) is 4.31 Å². The van der Waals surface area contributed by atoms with Crippen LogP contribution in [0.5, 0.6) is 0 Å². The maximum absolute atomic E-state index is 12.8. The van der Waals surface area contributed by atoms with Crippen molar-refractivity contribution in [2.75, 3.05) is 25.5 Å². The Labute approximate surface area is 170 Å². The number of aryl methyl sites for hydroxylation is 1. The second-order valence-electron chi connectivity index (χ2n) is 7.02. The van der Waals surface area contributed by atoms with Gasteiger partial charge < -0.3 is 10.1 Å². The molecular weight excluding hydrogens is 392 g/mol. The molecule has 1 fully saturated rings. The lowest BCUT2D eigenvalue weighted by Crippen LogP contribution is -2.41. The number of esters is 1. The molecule has 154 valence electrons. The number of methoxy groups -OCH3 is 1. The predicted octanol–water partition coefficient (Wildman–Crippen LogP) is 2.82. The first-order valence-electron chi connectivity index (χ1n) is 9.38. The number of anilines is 1. The molecule has 3 rings (SSSR count). The summed E-state index contributed by atoms with van der Waals surface area (Å²) in [5.41, 5.74) is 1.66. The Morgan fingerprint density at radius 1 is 1.03 bits per heavy atom. The zero-order chi connectivity index (χ0) is 21.0. The minimum atomic E-state index is -3.57. The third-order valence-corrected chi connectivity index (χ3v) is 6.99. The number of carbonyl (C=O) groups is 2. The molecule has 1 saturated heterocycles. The van der Waals surface area contributed by atoms with Gasteiger partial charge in [0.25, 0.3) is 0 Å². The van der Waals surface area contributed by atoms with Crippen LogP contribution in [-0.2, 0) is 19.6 Å². The molecule has 0 atom stereocenters. The number of benzene rings is 2. The van der Waals surface area contributed by atoms with Gasteiger partial charge in [0.2, 0.25) is 15.9 Å². The summed E-state index contributed by atoms with van der Waals surface area (Å²) in [5, 5.41) is 2.78. The normalized spacial score (nSPS) is 15.7. The van der Waals surface area contributed by atoms with Crippen LogP contribution < -0.4 is 5.32 Å². The Balaban J connectivity index is 1.64. The molecule has 1 N–H and O–H groups in total. The number of rotatable bonds is 5. The van der Waals surface area contributed by atoms with Crippen LogP contribution in [0.15, 0.2) is 53.4 Å². The van der Waals surface area contributed by atoms with E-state index in [1.807, 2.05) is 6.92 Å². The molecule has 1 heterocycles. The first-order valence-corrected chi connectivity index (χ1v) is 10.8. The van der Waals surface area contributed by atoms with Gasteiger partial charge in [-0.3, -0.25) is 4.79 Å². The summed E-state index contributed by atoms with van der Waals surface area (Å²) in [6.45, 7) is 2.44. The van der Waals surface area contributed by atoms with Gasteiger partial charge in [-0.1, -0.05) is 29.8 Å². The highest BCUT2D eigenvalue weighted by Crippen LogP contribution is 2.26. The maximum Gasteiger partial charge on any atom is 0.339 e. The number of nitrogens with one attached hydrogen (secondary N) is 1. The van der Waals surface area contributed by atoms with Crippen LogP contribution in [0.2, 0.25) is 0 Å². The highest BCUT2D eigenvalue weighted by Gasteiger charge is 2.32. The van der Waals surface area contributed by atoms with E-state index >= 15 is 0 Å². The van der Waals surface area contributed by atoms with Gasteiger partial charge in [-0.25, -0.2) is 13.2 Å². The quantitative estimate of drug-likeness (QED) is 0.757. The molecule has 0 unspecified atom stereocenters. The summed E-state index contributed by atoms with van der Waals surface area (Å²) in [6, 6.07) is 13.4. The molecule has 0 bridgehead atoms. The van der Waals surface area contributed by atoms with Crippen molar-refractivity contribution in [3.63, 3.8) is 0 Å². The molecule has 1 amide bonds. The molecule has 0 aromatic heterocycles. The van der Waals surface area contributed by atoms with Crippen molar-refractivity contribution < 1.29 is 22.7 Å². The van der Waals surface area contributed by atoms with Crippen molar-refractivity contribution in [2.24, 2.45) is 5.92 Å². The van der Waals surface area contributed by atoms with Crippen LogP contribution in [-0.4, -0.2) is 44.8 Å². The number of sulfonamides is 1. The van der Waals surface area contributed by atoms with Gasteiger partial charge in [0, 0.05) is 19.0 Å². The number of piperidine rings is 1. The van der Waals surface area contributed by atoms with Gasteiger partial charge in [0.15, 0.2) is 0 Å². The van der Waals surface area contributed by atoms with E-state index < -0.39 is 16.0 Å². The minimum Gasteiger partial charge on any atom is -0.465 e. The maximum atomic E-state index is 12.8. The molecule has 29 heavy (non-hydrogen) atoms. The Morgan fingerprint density at radius 3 is 2.28 bits per heavy atom. The van der Waals surface area contributed by atoms with E-state index in [4.69, 9.17) is 4.74 Å². The number of carbonyl (C=O) groups excluding carboxylic acids is 2. The highest BCUT2D eigenvalue weighted by atomic mass is 32.2.